The number of likely N-dealkylation sites (tertiary alicyclic amines) is 1. The van der Waals surface area contributed by atoms with E-state index in [1.54, 1.807) is 6.07 Å². The number of likely N-dealkylation sites (N-methyl/N-ethyl adjacent to an activating group) is 1. The minimum Gasteiger partial charge on any atom is -0.475 e. The number of rotatable bonds is 6. The zero-order chi connectivity index (χ0) is 30.2. The first-order valence-corrected chi connectivity index (χ1v) is 15.3. The molecule has 1 aromatic heterocycles. The fourth-order valence-corrected chi connectivity index (χ4v) is 6.95. The monoisotopic (exact) mass is 622 g/mol. The van der Waals surface area contributed by atoms with Crippen LogP contribution in [0.4, 0.5) is 15.8 Å². The number of fused-ring (bicyclic) bond motifs is 2. The number of pyridine rings is 1. The van der Waals surface area contributed by atoms with Gasteiger partial charge in [-0.3, -0.25) is 4.79 Å². The molecule has 0 spiro atoms. The van der Waals surface area contributed by atoms with Crippen molar-refractivity contribution < 1.29 is 13.9 Å². The molecule has 4 heterocycles. The third-order valence-corrected chi connectivity index (χ3v) is 9.66. The van der Waals surface area contributed by atoms with E-state index in [4.69, 9.17) is 32.9 Å². The summed E-state index contributed by atoms with van der Waals surface area (Å²) in [5.41, 5.74) is 4.00. The smallest absolute Gasteiger partial charge is 0.282 e. The van der Waals surface area contributed by atoms with Gasteiger partial charge in [0.2, 0.25) is 5.88 Å². The lowest BCUT2D eigenvalue weighted by Gasteiger charge is -2.39. The summed E-state index contributed by atoms with van der Waals surface area (Å²) in [6, 6.07) is 12.5. The second kappa shape index (κ2) is 12.2. The van der Waals surface area contributed by atoms with Crippen LogP contribution in [0.25, 0.3) is 10.8 Å². The Hall–Kier alpha value is -3.58. The first-order valence-electron chi connectivity index (χ1n) is 14.6. The Morgan fingerprint density at radius 2 is 1.93 bits per heavy atom. The topological polar surface area (TPSA) is 75.9 Å². The Labute approximate surface area is 260 Å². The van der Waals surface area contributed by atoms with Crippen LogP contribution in [0, 0.1) is 11.3 Å². The maximum atomic E-state index is 13.6. The number of hydrogen-bond acceptors (Lipinski definition) is 7. The first-order chi connectivity index (χ1) is 20.8. The Morgan fingerprint density at radius 3 is 2.63 bits per heavy atom. The number of amides is 1. The van der Waals surface area contributed by atoms with Crippen LogP contribution in [0.15, 0.2) is 42.7 Å². The van der Waals surface area contributed by atoms with Crippen molar-refractivity contribution in [2.45, 2.75) is 31.8 Å². The molecule has 0 saturated carbocycles. The van der Waals surface area contributed by atoms with E-state index in [-0.39, 0.29) is 6.04 Å². The average Bonchev–Trinajstić information content (AvgIpc) is 3.44. The van der Waals surface area contributed by atoms with Gasteiger partial charge in [-0.15, -0.1) is 0 Å². The van der Waals surface area contributed by atoms with E-state index in [2.05, 4.69) is 34.4 Å². The summed E-state index contributed by atoms with van der Waals surface area (Å²) in [5.74, 6) is -1.32. The third kappa shape index (κ3) is 5.60. The van der Waals surface area contributed by atoms with E-state index in [1.165, 1.54) is 4.90 Å². The number of aromatic nitrogens is 1. The zero-order valence-corrected chi connectivity index (χ0v) is 25.6. The van der Waals surface area contributed by atoms with Crippen LogP contribution in [0.5, 0.6) is 5.88 Å². The Kier molecular flexibility index (Phi) is 8.36. The van der Waals surface area contributed by atoms with Crippen molar-refractivity contribution in [1.29, 1.82) is 5.26 Å². The molecule has 2 fully saturated rings. The molecule has 3 aliphatic heterocycles. The molecule has 224 valence electrons. The lowest BCUT2D eigenvalue weighted by atomic mass is 9.97. The fraction of sp³-hybridized carbons (Fsp3) is 0.406. The summed E-state index contributed by atoms with van der Waals surface area (Å²) in [6.45, 7) is 7.36. The molecule has 2 saturated heterocycles. The molecule has 3 aliphatic rings. The van der Waals surface area contributed by atoms with E-state index in [1.807, 2.05) is 24.3 Å². The zero-order valence-electron chi connectivity index (χ0n) is 24.1. The van der Waals surface area contributed by atoms with Crippen molar-refractivity contribution in [2.24, 2.45) is 0 Å². The van der Waals surface area contributed by atoms with Crippen LogP contribution >= 0.6 is 23.2 Å². The van der Waals surface area contributed by atoms with Crippen molar-refractivity contribution in [2.75, 3.05) is 62.7 Å². The summed E-state index contributed by atoms with van der Waals surface area (Å²) < 4.78 is 19.9. The number of carbonyl (C=O) groups excluding carboxylic acids is 1. The van der Waals surface area contributed by atoms with Crippen molar-refractivity contribution in [3.63, 3.8) is 0 Å². The molecule has 8 nitrogen and oxygen atoms in total. The molecule has 0 unspecified atom stereocenters. The van der Waals surface area contributed by atoms with Gasteiger partial charge in [-0.1, -0.05) is 48.0 Å². The quantitative estimate of drug-likeness (QED) is 0.332. The predicted octanol–water partition coefficient (Wildman–Crippen LogP) is 5.58. The number of piperazine rings is 1. The van der Waals surface area contributed by atoms with Gasteiger partial charge in [0.25, 0.3) is 5.91 Å². The second-order valence-electron chi connectivity index (χ2n) is 11.4. The van der Waals surface area contributed by atoms with Gasteiger partial charge in [-0.25, -0.2) is 9.37 Å². The highest BCUT2D eigenvalue weighted by Gasteiger charge is 2.33. The van der Waals surface area contributed by atoms with E-state index < -0.39 is 11.7 Å². The van der Waals surface area contributed by atoms with Crippen molar-refractivity contribution in [1.82, 2.24) is 14.8 Å². The van der Waals surface area contributed by atoms with Crippen LogP contribution in [-0.4, -0.2) is 79.7 Å². The molecule has 2 aromatic carbocycles. The van der Waals surface area contributed by atoms with Crippen molar-refractivity contribution >= 4 is 51.3 Å². The van der Waals surface area contributed by atoms with E-state index in [0.29, 0.717) is 73.8 Å². The molecule has 0 radical (unpaired) electrons. The summed E-state index contributed by atoms with van der Waals surface area (Å²) in [4.78, 5) is 25.3. The van der Waals surface area contributed by atoms with Gasteiger partial charge in [-0.05, 0) is 50.4 Å². The summed E-state index contributed by atoms with van der Waals surface area (Å²) in [7, 11) is 2.09. The molecular weight excluding hydrogens is 590 g/mol. The summed E-state index contributed by atoms with van der Waals surface area (Å²) in [5, 5.41) is 13.3. The molecule has 0 aliphatic carbocycles. The number of ether oxygens (including phenoxy) is 1. The highest BCUT2D eigenvalue weighted by molar-refractivity contribution is 6.46. The van der Waals surface area contributed by atoms with Crippen LogP contribution in [-0.2, 0) is 17.8 Å². The maximum Gasteiger partial charge on any atom is 0.282 e. The van der Waals surface area contributed by atoms with Gasteiger partial charge >= 0.3 is 0 Å². The van der Waals surface area contributed by atoms with E-state index >= 15 is 0 Å². The highest BCUT2D eigenvalue weighted by atomic mass is 35.5. The number of carbonyl (C=O) groups is 1. The molecular formula is C32H33Cl2FN6O2. The number of nitrogens with zero attached hydrogens (tertiary/aromatic N) is 6. The third-order valence-electron chi connectivity index (χ3n) is 8.86. The average molecular weight is 624 g/mol. The van der Waals surface area contributed by atoms with Gasteiger partial charge in [0, 0.05) is 55.4 Å². The molecule has 1 atom stereocenters. The molecule has 3 aromatic rings. The Balaban J connectivity index is 1.38. The predicted molar refractivity (Wildman–Crippen MR) is 168 cm³/mol. The number of halogens is 3. The summed E-state index contributed by atoms with van der Waals surface area (Å²) >= 11 is 13.1. The normalized spacial score (nSPS) is 19.0. The Morgan fingerprint density at radius 1 is 1.14 bits per heavy atom. The van der Waals surface area contributed by atoms with Crippen molar-refractivity contribution in [3.05, 3.63) is 69.6 Å². The number of benzene rings is 2. The van der Waals surface area contributed by atoms with Crippen LogP contribution < -0.4 is 14.5 Å². The largest absolute Gasteiger partial charge is 0.475 e. The molecule has 0 N–H and O–H groups in total. The van der Waals surface area contributed by atoms with Crippen LogP contribution in [0.3, 0.4) is 0 Å². The van der Waals surface area contributed by atoms with Crippen LogP contribution in [0.1, 0.15) is 29.7 Å². The summed E-state index contributed by atoms with van der Waals surface area (Å²) in [6.07, 6.45) is 2.79. The number of nitriles is 1. The molecule has 1 amide bonds. The SMILES string of the molecule is C=C(F)C(=O)N1CCN(c2c(C#N)c(OC[C@@H]3CCCN3C)nc3c2CCN(c2cccc4ccc(Cl)c(Cl)c24)C3)CC1. The van der Waals surface area contributed by atoms with Crippen molar-refractivity contribution in [3.8, 4) is 11.9 Å². The second-order valence-corrected chi connectivity index (χ2v) is 12.1. The molecule has 11 heteroatoms. The van der Waals surface area contributed by atoms with Gasteiger partial charge in [0.1, 0.15) is 18.2 Å². The Bertz CT molecular complexity index is 1630. The minimum atomic E-state index is -0.963. The number of hydrogen-bond donors (Lipinski definition) is 0. The van der Waals surface area contributed by atoms with Crippen LogP contribution in [0.2, 0.25) is 10.0 Å². The molecule has 0 bridgehead atoms. The van der Waals surface area contributed by atoms with Gasteiger partial charge in [-0.2, -0.15) is 5.26 Å². The minimum absolute atomic E-state index is 0.259. The van der Waals surface area contributed by atoms with Gasteiger partial charge < -0.3 is 24.3 Å². The lowest BCUT2D eigenvalue weighted by molar-refractivity contribution is -0.128. The van der Waals surface area contributed by atoms with Gasteiger partial charge in [0.15, 0.2) is 5.83 Å². The standard InChI is InChI=1S/C32H33Cl2FN6O2/c1-20(35)32(42)40-15-13-39(14-16-40)30-23-10-12-41(27-7-3-5-21-8-9-25(33)29(34)28(21)27)18-26(23)37-31(24(30)17-36)43-19-22-6-4-11-38(22)2/h3,5,7-9,22H,1,4,6,10-16,18-19H2,2H3/t22-/m0/s1. The first kappa shape index (κ1) is 29.5. The highest BCUT2D eigenvalue weighted by Crippen LogP contribution is 2.41. The molecule has 43 heavy (non-hydrogen) atoms. The fourth-order valence-electron chi connectivity index (χ4n) is 6.52. The molecule has 6 rings (SSSR count). The lowest BCUT2D eigenvalue weighted by Crippen LogP contribution is -2.49. The van der Waals surface area contributed by atoms with E-state index in [0.717, 1.165) is 52.8 Å². The maximum absolute atomic E-state index is 13.6. The van der Waals surface area contributed by atoms with E-state index in [9.17, 15) is 14.4 Å². The number of anilines is 2. The van der Waals surface area contributed by atoms with Gasteiger partial charge in [0.05, 0.1) is 28.0 Å².